The number of hydrogen-bond donors (Lipinski definition) is 1. The van der Waals surface area contributed by atoms with E-state index in [4.69, 9.17) is 21.1 Å². The van der Waals surface area contributed by atoms with E-state index in [-0.39, 0.29) is 33.7 Å². The lowest BCUT2D eigenvalue weighted by Gasteiger charge is -2.27. The molecule has 0 radical (unpaired) electrons. The maximum absolute atomic E-state index is 13.9. The molecule has 1 heterocycles. The van der Waals surface area contributed by atoms with E-state index in [1.807, 2.05) is 0 Å². The molecule has 0 bridgehead atoms. The van der Waals surface area contributed by atoms with Crippen molar-refractivity contribution in [3.63, 3.8) is 0 Å². The van der Waals surface area contributed by atoms with Gasteiger partial charge in [0.2, 0.25) is 5.91 Å². The van der Waals surface area contributed by atoms with Gasteiger partial charge in [-0.2, -0.15) is 0 Å². The lowest BCUT2D eigenvalue weighted by Crippen LogP contribution is -2.38. The average Bonchev–Trinajstić information content (AvgIpc) is 3.64. The molecule has 0 spiro atoms. The summed E-state index contributed by atoms with van der Waals surface area (Å²) in [6, 6.07) is 5.11. The van der Waals surface area contributed by atoms with Crippen molar-refractivity contribution in [2.24, 2.45) is 5.92 Å². The van der Waals surface area contributed by atoms with E-state index in [1.54, 1.807) is 32.0 Å². The standard InChI is InChI=1S/C26H29ClN2O7S/c1-5-16-17(27)12-18(28-24(30)14-7-8-14)23-22(16)25(31)29(26(23)32)19(13-37(4,33)34)15-9-10-20(35-3)21(11-15)36-6-2/h9-12,14,19H,5-8,13H2,1-4H3,(H,28,30)/t19-/m1/s1. The zero-order valence-corrected chi connectivity index (χ0v) is 22.7. The average molecular weight is 549 g/mol. The molecule has 37 heavy (non-hydrogen) atoms. The van der Waals surface area contributed by atoms with Crippen LogP contribution in [0.5, 0.6) is 11.5 Å². The van der Waals surface area contributed by atoms with E-state index in [9.17, 15) is 22.8 Å². The van der Waals surface area contributed by atoms with Gasteiger partial charge >= 0.3 is 0 Å². The van der Waals surface area contributed by atoms with Gasteiger partial charge in [0.15, 0.2) is 11.5 Å². The zero-order chi connectivity index (χ0) is 27.1. The van der Waals surface area contributed by atoms with Crippen molar-refractivity contribution in [2.45, 2.75) is 39.2 Å². The molecule has 2 aromatic carbocycles. The fourth-order valence-corrected chi connectivity index (χ4v) is 5.82. The van der Waals surface area contributed by atoms with Crippen LogP contribution in [-0.2, 0) is 21.1 Å². The van der Waals surface area contributed by atoms with Gasteiger partial charge in [-0.15, -0.1) is 0 Å². The summed E-state index contributed by atoms with van der Waals surface area (Å²) in [6.07, 6.45) is 2.91. The molecule has 4 rings (SSSR count). The number of nitrogens with zero attached hydrogens (tertiary/aromatic N) is 1. The second kappa shape index (κ2) is 10.3. The Labute approximate surface area is 221 Å². The number of rotatable bonds is 10. The molecule has 2 aliphatic rings. The molecule has 3 amide bonds. The summed E-state index contributed by atoms with van der Waals surface area (Å²) >= 11 is 6.48. The molecule has 9 nitrogen and oxygen atoms in total. The van der Waals surface area contributed by atoms with Crippen LogP contribution in [-0.4, -0.2) is 56.8 Å². The van der Waals surface area contributed by atoms with E-state index < -0.39 is 33.4 Å². The molecule has 1 aliphatic heterocycles. The van der Waals surface area contributed by atoms with Crippen molar-refractivity contribution in [1.29, 1.82) is 0 Å². The second-order valence-corrected chi connectivity index (χ2v) is 11.8. The van der Waals surface area contributed by atoms with Crippen molar-refractivity contribution in [3.05, 3.63) is 51.5 Å². The Morgan fingerprint density at radius 1 is 1.14 bits per heavy atom. The quantitative estimate of drug-likeness (QED) is 0.445. The maximum Gasteiger partial charge on any atom is 0.264 e. The fraction of sp³-hybridized carbons (Fsp3) is 0.423. The Morgan fingerprint density at radius 3 is 2.38 bits per heavy atom. The molecule has 198 valence electrons. The number of amides is 3. The van der Waals surface area contributed by atoms with E-state index in [0.29, 0.717) is 35.7 Å². The topological polar surface area (TPSA) is 119 Å². The van der Waals surface area contributed by atoms with Crippen molar-refractivity contribution in [3.8, 4) is 11.5 Å². The minimum atomic E-state index is -3.65. The highest BCUT2D eigenvalue weighted by Crippen LogP contribution is 2.42. The number of halogens is 1. The molecule has 2 aromatic rings. The van der Waals surface area contributed by atoms with Gasteiger partial charge in [-0.3, -0.25) is 19.3 Å². The summed E-state index contributed by atoms with van der Waals surface area (Å²) in [7, 11) is -2.18. The number of ether oxygens (including phenoxy) is 2. The zero-order valence-electron chi connectivity index (χ0n) is 21.1. The molecular weight excluding hydrogens is 520 g/mol. The Bertz CT molecular complexity index is 1390. The Kier molecular flexibility index (Phi) is 7.52. The number of imide groups is 1. The van der Waals surface area contributed by atoms with Crippen LogP contribution in [0.3, 0.4) is 0 Å². The summed E-state index contributed by atoms with van der Waals surface area (Å²) < 4.78 is 35.9. The van der Waals surface area contributed by atoms with Crippen LogP contribution in [0.1, 0.15) is 64.6 Å². The summed E-state index contributed by atoms with van der Waals surface area (Å²) in [5.74, 6) is -1.47. The number of nitrogens with one attached hydrogen (secondary N) is 1. The third-order valence-electron chi connectivity index (χ3n) is 6.45. The van der Waals surface area contributed by atoms with Crippen LogP contribution in [0.2, 0.25) is 5.02 Å². The second-order valence-electron chi connectivity index (χ2n) is 9.18. The molecule has 1 saturated carbocycles. The minimum Gasteiger partial charge on any atom is -0.493 e. The van der Waals surface area contributed by atoms with Crippen molar-refractivity contribution in [2.75, 3.05) is 31.0 Å². The van der Waals surface area contributed by atoms with Gasteiger partial charge in [-0.05, 0) is 55.5 Å². The highest BCUT2D eigenvalue weighted by molar-refractivity contribution is 7.90. The maximum atomic E-state index is 13.9. The van der Waals surface area contributed by atoms with E-state index in [2.05, 4.69) is 5.32 Å². The van der Waals surface area contributed by atoms with Gasteiger partial charge in [0.1, 0.15) is 9.84 Å². The molecule has 11 heteroatoms. The predicted octanol–water partition coefficient (Wildman–Crippen LogP) is 4.04. The minimum absolute atomic E-state index is 0.0253. The molecule has 0 saturated heterocycles. The monoisotopic (exact) mass is 548 g/mol. The normalized spacial score (nSPS) is 16.0. The van der Waals surface area contributed by atoms with Crippen LogP contribution >= 0.6 is 11.6 Å². The molecule has 1 aliphatic carbocycles. The van der Waals surface area contributed by atoms with Gasteiger partial charge in [0.05, 0.1) is 42.3 Å². The lowest BCUT2D eigenvalue weighted by molar-refractivity contribution is -0.117. The molecule has 0 aromatic heterocycles. The number of carbonyl (C=O) groups excluding carboxylic acids is 3. The van der Waals surface area contributed by atoms with Crippen molar-refractivity contribution >= 4 is 44.8 Å². The first kappa shape index (κ1) is 26.9. The van der Waals surface area contributed by atoms with Gasteiger partial charge in [-0.1, -0.05) is 24.6 Å². The van der Waals surface area contributed by atoms with Gasteiger partial charge < -0.3 is 14.8 Å². The number of fused-ring (bicyclic) bond motifs is 1. The van der Waals surface area contributed by atoms with Gasteiger partial charge in [0, 0.05) is 17.2 Å². The largest absolute Gasteiger partial charge is 0.493 e. The first-order chi connectivity index (χ1) is 17.5. The molecule has 1 atom stereocenters. The van der Waals surface area contributed by atoms with Crippen LogP contribution in [0, 0.1) is 5.92 Å². The predicted molar refractivity (Wildman–Crippen MR) is 139 cm³/mol. The summed E-state index contributed by atoms with van der Waals surface area (Å²) in [5, 5.41) is 3.01. The molecule has 0 unspecified atom stereocenters. The van der Waals surface area contributed by atoms with Crippen LogP contribution in [0.4, 0.5) is 5.69 Å². The number of hydrogen-bond acceptors (Lipinski definition) is 7. The molecule has 1 N–H and O–H groups in total. The first-order valence-electron chi connectivity index (χ1n) is 12.0. The smallest absolute Gasteiger partial charge is 0.264 e. The number of benzene rings is 2. The Hall–Kier alpha value is -3.11. The molecular formula is C26H29ClN2O7S. The first-order valence-corrected chi connectivity index (χ1v) is 14.5. The van der Waals surface area contributed by atoms with E-state index in [1.165, 1.54) is 13.2 Å². The number of carbonyl (C=O) groups is 3. The van der Waals surface area contributed by atoms with Gasteiger partial charge in [0.25, 0.3) is 11.8 Å². The lowest BCUT2D eigenvalue weighted by atomic mass is 9.98. The van der Waals surface area contributed by atoms with Crippen LogP contribution in [0.25, 0.3) is 0 Å². The number of anilines is 1. The third kappa shape index (κ3) is 5.31. The highest BCUT2D eigenvalue weighted by Gasteiger charge is 2.45. The Balaban J connectivity index is 1.86. The molecule has 1 fully saturated rings. The van der Waals surface area contributed by atoms with Crippen molar-refractivity contribution in [1.82, 2.24) is 4.90 Å². The van der Waals surface area contributed by atoms with Crippen molar-refractivity contribution < 1.29 is 32.3 Å². The SMILES string of the molecule is CCOc1cc([C@@H](CS(C)(=O)=O)N2C(=O)c3c(NC(=O)C4CC4)cc(Cl)c(CC)c3C2=O)ccc1OC. The fourth-order valence-electron chi connectivity index (χ4n) is 4.57. The van der Waals surface area contributed by atoms with Gasteiger partial charge in [-0.25, -0.2) is 8.42 Å². The van der Waals surface area contributed by atoms with E-state index >= 15 is 0 Å². The highest BCUT2D eigenvalue weighted by atomic mass is 35.5. The van der Waals surface area contributed by atoms with E-state index in [0.717, 1.165) is 24.0 Å². The summed E-state index contributed by atoms with van der Waals surface area (Å²) in [6.45, 7) is 3.92. The summed E-state index contributed by atoms with van der Waals surface area (Å²) in [5.41, 5.74) is 1.11. The van der Waals surface area contributed by atoms with Crippen LogP contribution < -0.4 is 14.8 Å². The summed E-state index contributed by atoms with van der Waals surface area (Å²) in [4.78, 5) is 41.2. The van der Waals surface area contributed by atoms with Crippen LogP contribution in [0.15, 0.2) is 24.3 Å². The third-order valence-corrected chi connectivity index (χ3v) is 7.71. The number of methoxy groups -OCH3 is 1. The number of sulfone groups is 1. The Morgan fingerprint density at radius 2 is 1.81 bits per heavy atom.